The summed E-state index contributed by atoms with van der Waals surface area (Å²) in [4.78, 5) is 2.62. The predicted octanol–water partition coefficient (Wildman–Crippen LogP) is 1.94. The van der Waals surface area contributed by atoms with Crippen molar-refractivity contribution in [2.24, 2.45) is 0 Å². The topological polar surface area (TPSA) is 35.5 Å². The third kappa shape index (κ3) is 2.99. The van der Waals surface area contributed by atoms with Gasteiger partial charge in [0.15, 0.2) is 0 Å². The number of nitrogens with zero attached hydrogens (tertiary/aromatic N) is 1. The van der Waals surface area contributed by atoms with Gasteiger partial charge in [0, 0.05) is 25.2 Å². The number of hydrogen-bond donors (Lipinski definition) is 2. The summed E-state index contributed by atoms with van der Waals surface area (Å²) in [5.74, 6) is 0. The first-order valence-corrected chi connectivity index (χ1v) is 7.55. The summed E-state index contributed by atoms with van der Waals surface area (Å²) in [7, 11) is 0. The van der Waals surface area contributed by atoms with E-state index in [0.29, 0.717) is 18.6 Å². The number of rotatable bonds is 4. The monoisotopic (exact) mass is 260 g/mol. The Morgan fingerprint density at radius 3 is 2.84 bits per heavy atom. The van der Waals surface area contributed by atoms with Gasteiger partial charge in [0.25, 0.3) is 0 Å². The second kappa shape index (κ2) is 6.04. The molecule has 3 heteroatoms. The number of hydrogen-bond acceptors (Lipinski definition) is 3. The highest BCUT2D eigenvalue weighted by Gasteiger charge is 2.35. The van der Waals surface area contributed by atoms with Gasteiger partial charge in [0.2, 0.25) is 0 Å². The van der Waals surface area contributed by atoms with Crippen molar-refractivity contribution in [3.63, 3.8) is 0 Å². The lowest BCUT2D eigenvalue weighted by Gasteiger charge is -2.33. The third-order valence-electron chi connectivity index (χ3n) is 4.61. The molecule has 0 aromatic heterocycles. The molecule has 3 atom stereocenters. The molecule has 2 fully saturated rings. The van der Waals surface area contributed by atoms with E-state index in [-0.39, 0.29) is 6.10 Å². The van der Waals surface area contributed by atoms with Gasteiger partial charge in [-0.15, -0.1) is 0 Å². The van der Waals surface area contributed by atoms with Crippen LogP contribution in [0.3, 0.4) is 0 Å². The second-order valence-electron chi connectivity index (χ2n) is 5.83. The summed E-state index contributed by atoms with van der Waals surface area (Å²) >= 11 is 0. The fourth-order valence-electron chi connectivity index (χ4n) is 3.54. The fourth-order valence-corrected chi connectivity index (χ4v) is 3.54. The minimum atomic E-state index is -0.390. The molecule has 2 aliphatic heterocycles. The zero-order valence-electron chi connectivity index (χ0n) is 11.5. The first-order chi connectivity index (χ1) is 9.34. The largest absolute Gasteiger partial charge is 0.387 e. The first-order valence-electron chi connectivity index (χ1n) is 7.55. The van der Waals surface area contributed by atoms with Crippen molar-refractivity contribution in [1.82, 2.24) is 10.2 Å². The van der Waals surface area contributed by atoms with E-state index >= 15 is 0 Å². The van der Waals surface area contributed by atoms with Crippen LogP contribution in [0.2, 0.25) is 0 Å². The molecule has 0 aliphatic carbocycles. The first kappa shape index (κ1) is 13.1. The highest BCUT2D eigenvalue weighted by atomic mass is 16.3. The van der Waals surface area contributed by atoms with Crippen LogP contribution in [0.4, 0.5) is 0 Å². The molecule has 3 unspecified atom stereocenters. The molecule has 0 saturated carbocycles. The van der Waals surface area contributed by atoms with E-state index < -0.39 is 0 Å². The van der Waals surface area contributed by atoms with E-state index in [1.165, 1.54) is 38.8 Å². The normalized spacial score (nSPS) is 29.1. The van der Waals surface area contributed by atoms with Crippen molar-refractivity contribution in [3.05, 3.63) is 35.9 Å². The maximum absolute atomic E-state index is 10.2. The molecule has 0 spiro atoms. The lowest BCUT2D eigenvalue weighted by molar-refractivity contribution is 0.151. The summed E-state index contributed by atoms with van der Waals surface area (Å²) in [5.41, 5.74) is 1.01. The van der Waals surface area contributed by atoms with E-state index in [4.69, 9.17) is 0 Å². The van der Waals surface area contributed by atoms with E-state index in [9.17, 15) is 5.11 Å². The SMILES string of the molecule is OC(CNC1CCN2CCCCC12)c1ccccc1. The molecule has 2 heterocycles. The second-order valence-corrected chi connectivity index (χ2v) is 5.83. The number of fused-ring (bicyclic) bond motifs is 1. The van der Waals surface area contributed by atoms with Crippen LogP contribution in [0.1, 0.15) is 37.4 Å². The third-order valence-corrected chi connectivity index (χ3v) is 4.61. The number of aliphatic hydroxyl groups excluding tert-OH is 1. The van der Waals surface area contributed by atoms with Gasteiger partial charge < -0.3 is 10.4 Å². The fraction of sp³-hybridized carbons (Fsp3) is 0.625. The Morgan fingerprint density at radius 2 is 2.00 bits per heavy atom. The summed E-state index contributed by atoms with van der Waals surface area (Å²) in [5, 5.41) is 13.8. The van der Waals surface area contributed by atoms with Crippen LogP contribution >= 0.6 is 0 Å². The summed E-state index contributed by atoms with van der Waals surface area (Å²) < 4.78 is 0. The zero-order chi connectivity index (χ0) is 13.1. The molecule has 3 nitrogen and oxygen atoms in total. The average molecular weight is 260 g/mol. The van der Waals surface area contributed by atoms with Crippen LogP contribution in [0.15, 0.2) is 30.3 Å². The zero-order valence-corrected chi connectivity index (χ0v) is 11.5. The Labute approximate surface area is 115 Å². The van der Waals surface area contributed by atoms with Crippen LogP contribution < -0.4 is 5.32 Å². The van der Waals surface area contributed by atoms with Crippen molar-refractivity contribution in [2.45, 2.75) is 43.9 Å². The number of benzene rings is 1. The number of nitrogens with one attached hydrogen (secondary N) is 1. The minimum absolute atomic E-state index is 0.390. The smallest absolute Gasteiger partial charge is 0.0914 e. The Bertz CT molecular complexity index is 395. The number of aliphatic hydroxyl groups is 1. The molecule has 104 valence electrons. The van der Waals surface area contributed by atoms with Crippen LogP contribution in [0, 0.1) is 0 Å². The van der Waals surface area contributed by atoms with Crippen LogP contribution in [-0.2, 0) is 0 Å². The molecule has 1 aromatic rings. The molecule has 2 N–H and O–H groups in total. The molecule has 0 amide bonds. The van der Waals surface area contributed by atoms with Crippen molar-refractivity contribution in [2.75, 3.05) is 19.6 Å². The molecular formula is C16H24N2O. The van der Waals surface area contributed by atoms with E-state index in [2.05, 4.69) is 10.2 Å². The van der Waals surface area contributed by atoms with E-state index in [1.807, 2.05) is 30.3 Å². The van der Waals surface area contributed by atoms with Crippen molar-refractivity contribution in [1.29, 1.82) is 0 Å². The molecule has 0 bridgehead atoms. The summed E-state index contributed by atoms with van der Waals surface area (Å²) in [6.07, 6.45) is 4.88. The molecular weight excluding hydrogens is 236 g/mol. The average Bonchev–Trinajstić information content (AvgIpc) is 2.89. The Kier molecular flexibility index (Phi) is 4.16. The van der Waals surface area contributed by atoms with Gasteiger partial charge in [-0.05, 0) is 31.4 Å². The Hall–Kier alpha value is -0.900. The highest BCUT2D eigenvalue weighted by molar-refractivity contribution is 5.17. The molecule has 2 saturated heterocycles. The maximum Gasteiger partial charge on any atom is 0.0914 e. The molecule has 1 aromatic carbocycles. The van der Waals surface area contributed by atoms with Crippen molar-refractivity contribution >= 4 is 0 Å². The van der Waals surface area contributed by atoms with Gasteiger partial charge in [-0.3, -0.25) is 4.90 Å². The van der Waals surface area contributed by atoms with Crippen LogP contribution in [0.5, 0.6) is 0 Å². The van der Waals surface area contributed by atoms with Crippen LogP contribution in [0.25, 0.3) is 0 Å². The van der Waals surface area contributed by atoms with Gasteiger partial charge in [-0.2, -0.15) is 0 Å². The predicted molar refractivity (Wildman–Crippen MR) is 77.0 cm³/mol. The molecule has 0 radical (unpaired) electrons. The highest BCUT2D eigenvalue weighted by Crippen LogP contribution is 2.27. The van der Waals surface area contributed by atoms with E-state index in [1.54, 1.807) is 0 Å². The van der Waals surface area contributed by atoms with Crippen LogP contribution in [-0.4, -0.2) is 41.7 Å². The summed E-state index contributed by atoms with van der Waals surface area (Å²) in [6.45, 7) is 3.16. The van der Waals surface area contributed by atoms with Gasteiger partial charge in [0.05, 0.1) is 6.10 Å². The quantitative estimate of drug-likeness (QED) is 0.868. The Morgan fingerprint density at radius 1 is 1.16 bits per heavy atom. The van der Waals surface area contributed by atoms with Gasteiger partial charge in [0.1, 0.15) is 0 Å². The van der Waals surface area contributed by atoms with Crippen molar-refractivity contribution < 1.29 is 5.11 Å². The maximum atomic E-state index is 10.2. The minimum Gasteiger partial charge on any atom is -0.387 e. The number of piperidine rings is 1. The van der Waals surface area contributed by atoms with Gasteiger partial charge >= 0.3 is 0 Å². The standard InChI is InChI=1S/C16H24N2O/c19-16(13-6-2-1-3-7-13)12-17-14-9-11-18-10-5-4-8-15(14)18/h1-3,6-7,14-17,19H,4-5,8-12H2. The lowest BCUT2D eigenvalue weighted by atomic mass is 9.98. The lowest BCUT2D eigenvalue weighted by Crippen LogP contribution is -2.45. The molecule has 19 heavy (non-hydrogen) atoms. The van der Waals surface area contributed by atoms with Gasteiger partial charge in [-0.1, -0.05) is 36.8 Å². The summed E-state index contributed by atoms with van der Waals surface area (Å²) in [6, 6.07) is 11.2. The molecule has 3 rings (SSSR count). The molecule has 2 aliphatic rings. The van der Waals surface area contributed by atoms with Crippen molar-refractivity contribution in [3.8, 4) is 0 Å². The van der Waals surface area contributed by atoms with E-state index in [0.717, 1.165) is 5.56 Å². The van der Waals surface area contributed by atoms with Gasteiger partial charge in [-0.25, -0.2) is 0 Å². The Balaban J connectivity index is 1.52.